The summed E-state index contributed by atoms with van der Waals surface area (Å²) in [6.07, 6.45) is 0.993. The van der Waals surface area contributed by atoms with Crippen molar-refractivity contribution in [3.05, 3.63) is 36.0 Å². The Balaban J connectivity index is 2.07. The van der Waals surface area contributed by atoms with Gasteiger partial charge in [-0.05, 0) is 25.5 Å². The highest BCUT2D eigenvalue weighted by Crippen LogP contribution is 2.23. The first-order valence-electron chi connectivity index (χ1n) is 6.89. The Hall–Kier alpha value is -1.65. The molecule has 108 valence electrons. The molecule has 1 atom stereocenters. The second-order valence-electron chi connectivity index (χ2n) is 4.90. The SMILES string of the molecule is COCCC(C)NCc1ccc2cccc(OC)c2n1. The van der Waals surface area contributed by atoms with E-state index in [0.717, 1.165) is 41.9 Å². The Kier molecular flexibility index (Phi) is 5.32. The van der Waals surface area contributed by atoms with E-state index in [1.165, 1.54) is 0 Å². The predicted molar refractivity (Wildman–Crippen MR) is 81.1 cm³/mol. The van der Waals surface area contributed by atoms with E-state index in [9.17, 15) is 0 Å². The number of hydrogen-bond acceptors (Lipinski definition) is 4. The third-order valence-corrected chi connectivity index (χ3v) is 3.35. The number of para-hydroxylation sites is 1. The number of benzene rings is 1. The van der Waals surface area contributed by atoms with Crippen molar-refractivity contribution in [3.63, 3.8) is 0 Å². The fraction of sp³-hybridized carbons (Fsp3) is 0.438. The van der Waals surface area contributed by atoms with Crippen LogP contribution in [0.15, 0.2) is 30.3 Å². The number of aromatic nitrogens is 1. The molecule has 2 rings (SSSR count). The standard InChI is InChI=1S/C16H22N2O2/c1-12(9-10-19-2)17-11-14-8-7-13-5-4-6-15(20-3)16(13)18-14/h4-8,12,17H,9-11H2,1-3H3. The lowest BCUT2D eigenvalue weighted by atomic mass is 10.2. The molecule has 0 aliphatic heterocycles. The second-order valence-corrected chi connectivity index (χ2v) is 4.90. The van der Waals surface area contributed by atoms with Gasteiger partial charge in [0.2, 0.25) is 0 Å². The zero-order chi connectivity index (χ0) is 14.4. The molecule has 0 saturated heterocycles. The van der Waals surface area contributed by atoms with Gasteiger partial charge in [0, 0.05) is 31.7 Å². The van der Waals surface area contributed by atoms with Crippen LogP contribution in [0.2, 0.25) is 0 Å². The molecule has 0 aliphatic carbocycles. The van der Waals surface area contributed by atoms with Crippen molar-refractivity contribution in [2.24, 2.45) is 0 Å². The van der Waals surface area contributed by atoms with Crippen LogP contribution in [0.4, 0.5) is 0 Å². The van der Waals surface area contributed by atoms with Gasteiger partial charge < -0.3 is 14.8 Å². The van der Waals surface area contributed by atoms with E-state index in [1.54, 1.807) is 14.2 Å². The van der Waals surface area contributed by atoms with Crippen molar-refractivity contribution in [1.29, 1.82) is 0 Å². The van der Waals surface area contributed by atoms with E-state index in [4.69, 9.17) is 9.47 Å². The third kappa shape index (κ3) is 3.68. The summed E-state index contributed by atoms with van der Waals surface area (Å²) in [5.41, 5.74) is 1.94. The molecule has 2 aromatic rings. The molecule has 0 radical (unpaired) electrons. The van der Waals surface area contributed by atoms with Crippen molar-refractivity contribution in [1.82, 2.24) is 10.3 Å². The normalized spacial score (nSPS) is 12.6. The highest BCUT2D eigenvalue weighted by atomic mass is 16.5. The average Bonchev–Trinajstić information content (AvgIpc) is 2.50. The number of pyridine rings is 1. The van der Waals surface area contributed by atoms with Crippen LogP contribution in [-0.2, 0) is 11.3 Å². The van der Waals surface area contributed by atoms with E-state index in [0.29, 0.717) is 6.04 Å². The molecular weight excluding hydrogens is 252 g/mol. The maximum absolute atomic E-state index is 5.36. The molecular formula is C16H22N2O2. The monoisotopic (exact) mass is 274 g/mol. The van der Waals surface area contributed by atoms with E-state index in [2.05, 4.69) is 29.4 Å². The van der Waals surface area contributed by atoms with Crippen LogP contribution in [0, 0.1) is 0 Å². The quantitative estimate of drug-likeness (QED) is 0.843. The minimum Gasteiger partial charge on any atom is -0.494 e. The molecule has 0 amide bonds. The van der Waals surface area contributed by atoms with E-state index in [1.807, 2.05) is 18.2 Å². The Labute approximate surface area is 120 Å². The smallest absolute Gasteiger partial charge is 0.145 e. The zero-order valence-corrected chi connectivity index (χ0v) is 12.3. The van der Waals surface area contributed by atoms with Crippen LogP contribution in [0.3, 0.4) is 0 Å². The van der Waals surface area contributed by atoms with Gasteiger partial charge in [-0.1, -0.05) is 18.2 Å². The average molecular weight is 274 g/mol. The van der Waals surface area contributed by atoms with Gasteiger partial charge >= 0.3 is 0 Å². The van der Waals surface area contributed by atoms with Gasteiger partial charge in [-0.3, -0.25) is 0 Å². The Morgan fingerprint density at radius 3 is 2.80 bits per heavy atom. The van der Waals surface area contributed by atoms with E-state index < -0.39 is 0 Å². The van der Waals surface area contributed by atoms with Crippen LogP contribution in [0.5, 0.6) is 5.75 Å². The van der Waals surface area contributed by atoms with E-state index >= 15 is 0 Å². The van der Waals surface area contributed by atoms with Crippen LogP contribution in [-0.4, -0.2) is 31.9 Å². The minimum absolute atomic E-state index is 0.408. The molecule has 4 nitrogen and oxygen atoms in total. The summed E-state index contributed by atoms with van der Waals surface area (Å²) in [7, 11) is 3.40. The summed E-state index contributed by atoms with van der Waals surface area (Å²) in [5, 5.41) is 4.55. The van der Waals surface area contributed by atoms with Crippen LogP contribution in [0.1, 0.15) is 19.0 Å². The molecule has 20 heavy (non-hydrogen) atoms. The Bertz CT molecular complexity index is 557. The third-order valence-electron chi connectivity index (χ3n) is 3.35. The summed E-state index contributed by atoms with van der Waals surface area (Å²) in [4.78, 5) is 4.68. The lowest BCUT2D eigenvalue weighted by molar-refractivity contribution is 0.184. The molecule has 0 fully saturated rings. The molecule has 4 heteroatoms. The molecule has 1 aromatic heterocycles. The number of nitrogens with one attached hydrogen (secondary N) is 1. The van der Waals surface area contributed by atoms with Crippen molar-refractivity contribution in [2.75, 3.05) is 20.8 Å². The van der Waals surface area contributed by atoms with Crippen molar-refractivity contribution >= 4 is 10.9 Å². The van der Waals surface area contributed by atoms with Crippen molar-refractivity contribution in [3.8, 4) is 5.75 Å². The zero-order valence-electron chi connectivity index (χ0n) is 12.3. The molecule has 1 aromatic carbocycles. The first kappa shape index (κ1) is 14.8. The van der Waals surface area contributed by atoms with Gasteiger partial charge in [-0.15, -0.1) is 0 Å². The van der Waals surface area contributed by atoms with Gasteiger partial charge in [-0.2, -0.15) is 0 Å². The first-order chi connectivity index (χ1) is 9.74. The van der Waals surface area contributed by atoms with Crippen molar-refractivity contribution in [2.45, 2.75) is 25.9 Å². The largest absolute Gasteiger partial charge is 0.494 e. The second kappa shape index (κ2) is 7.22. The summed E-state index contributed by atoms with van der Waals surface area (Å²) >= 11 is 0. The summed E-state index contributed by atoms with van der Waals surface area (Å²) in [6, 6.07) is 10.5. The first-order valence-corrected chi connectivity index (χ1v) is 6.89. The highest BCUT2D eigenvalue weighted by Gasteiger charge is 2.05. The van der Waals surface area contributed by atoms with Gasteiger partial charge in [0.05, 0.1) is 12.8 Å². The molecule has 0 bridgehead atoms. The molecule has 0 spiro atoms. The predicted octanol–water partition coefficient (Wildman–Crippen LogP) is 2.76. The van der Waals surface area contributed by atoms with Gasteiger partial charge in [0.25, 0.3) is 0 Å². The summed E-state index contributed by atoms with van der Waals surface area (Å²) in [6.45, 7) is 3.67. The number of ether oxygens (including phenoxy) is 2. The number of nitrogens with zero attached hydrogens (tertiary/aromatic N) is 1. The van der Waals surface area contributed by atoms with Crippen LogP contribution in [0.25, 0.3) is 10.9 Å². The van der Waals surface area contributed by atoms with Gasteiger partial charge in [0.1, 0.15) is 11.3 Å². The molecule has 0 saturated carbocycles. The van der Waals surface area contributed by atoms with Gasteiger partial charge in [0.15, 0.2) is 0 Å². The minimum atomic E-state index is 0.408. The van der Waals surface area contributed by atoms with Crippen LogP contribution < -0.4 is 10.1 Å². The fourth-order valence-corrected chi connectivity index (χ4v) is 2.10. The number of rotatable bonds is 7. The highest BCUT2D eigenvalue weighted by molar-refractivity contribution is 5.84. The molecule has 1 N–H and O–H groups in total. The molecule has 1 unspecified atom stereocenters. The lowest BCUT2D eigenvalue weighted by Crippen LogP contribution is -2.27. The topological polar surface area (TPSA) is 43.4 Å². The van der Waals surface area contributed by atoms with Gasteiger partial charge in [-0.25, -0.2) is 4.98 Å². The van der Waals surface area contributed by atoms with Crippen molar-refractivity contribution < 1.29 is 9.47 Å². The lowest BCUT2D eigenvalue weighted by Gasteiger charge is -2.13. The number of hydrogen-bond donors (Lipinski definition) is 1. The van der Waals surface area contributed by atoms with E-state index in [-0.39, 0.29) is 0 Å². The number of fused-ring (bicyclic) bond motifs is 1. The maximum Gasteiger partial charge on any atom is 0.145 e. The Morgan fingerprint density at radius 2 is 2.05 bits per heavy atom. The molecule has 1 heterocycles. The van der Waals surface area contributed by atoms with Crippen LogP contribution >= 0.6 is 0 Å². The Morgan fingerprint density at radius 1 is 1.20 bits per heavy atom. The molecule has 0 aliphatic rings. The summed E-state index contributed by atoms with van der Waals surface area (Å²) in [5.74, 6) is 0.816. The number of methoxy groups -OCH3 is 2. The summed E-state index contributed by atoms with van der Waals surface area (Å²) < 4.78 is 10.4. The fourth-order valence-electron chi connectivity index (χ4n) is 2.10. The maximum atomic E-state index is 5.36.